The summed E-state index contributed by atoms with van der Waals surface area (Å²) in [6, 6.07) is 5.35. The average molecular weight is 301 g/mol. The van der Waals surface area contributed by atoms with Crippen LogP contribution in [0.4, 0.5) is 0 Å². The maximum atomic E-state index is 11.2. The van der Waals surface area contributed by atoms with Gasteiger partial charge in [0.2, 0.25) is 5.91 Å². The lowest BCUT2D eigenvalue weighted by Gasteiger charge is -2.06. The summed E-state index contributed by atoms with van der Waals surface area (Å²) in [6.45, 7) is 3.89. The molecule has 3 N–H and O–H groups in total. The Balaban J connectivity index is 2.26. The number of halogens is 1. The number of carbonyl (C=O) groups excluding carboxylic acids is 1. The van der Waals surface area contributed by atoms with Crippen LogP contribution in [-0.2, 0) is 11.3 Å². The van der Waals surface area contributed by atoms with Crippen molar-refractivity contribution in [3.63, 3.8) is 0 Å². The summed E-state index contributed by atoms with van der Waals surface area (Å²) in [5, 5.41) is 15.2. The van der Waals surface area contributed by atoms with Gasteiger partial charge in [-0.05, 0) is 40.5 Å². The molecule has 1 rings (SSSR count). The molecule has 0 aromatic heterocycles. The van der Waals surface area contributed by atoms with E-state index in [0.29, 0.717) is 30.5 Å². The van der Waals surface area contributed by atoms with E-state index in [0.717, 1.165) is 5.56 Å². The van der Waals surface area contributed by atoms with Gasteiger partial charge in [0.25, 0.3) is 0 Å². The fraction of sp³-hybridized carbons (Fsp3) is 0.417. The normalized spacial score (nSPS) is 10.2. The number of nitrogens with one attached hydrogen (secondary N) is 2. The zero-order chi connectivity index (χ0) is 12.7. The zero-order valence-corrected chi connectivity index (χ0v) is 11.4. The number of phenols is 1. The Morgan fingerprint density at radius 3 is 2.88 bits per heavy atom. The quantitative estimate of drug-likeness (QED) is 0.702. The highest BCUT2D eigenvalue weighted by molar-refractivity contribution is 9.10. The molecule has 0 bridgehead atoms. The van der Waals surface area contributed by atoms with Crippen LogP contribution in [0.1, 0.15) is 18.9 Å². The molecule has 94 valence electrons. The third-order valence-corrected chi connectivity index (χ3v) is 2.88. The van der Waals surface area contributed by atoms with Gasteiger partial charge in [-0.25, -0.2) is 0 Å². The lowest BCUT2D eigenvalue weighted by atomic mass is 10.2. The molecule has 0 unspecified atom stereocenters. The van der Waals surface area contributed by atoms with E-state index in [1.165, 1.54) is 0 Å². The number of hydrogen-bond donors (Lipinski definition) is 3. The van der Waals surface area contributed by atoms with Gasteiger partial charge in [0.05, 0.1) is 4.47 Å². The molecule has 0 heterocycles. The van der Waals surface area contributed by atoms with Gasteiger partial charge in [-0.15, -0.1) is 0 Å². The van der Waals surface area contributed by atoms with Crippen molar-refractivity contribution in [2.75, 3.05) is 13.1 Å². The highest BCUT2D eigenvalue weighted by Gasteiger charge is 2.01. The third kappa shape index (κ3) is 5.19. The van der Waals surface area contributed by atoms with Gasteiger partial charge in [-0.1, -0.05) is 6.07 Å². The van der Waals surface area contributed by atoms with Crippen LogP contribution in [-0.4, -0.2) is 24.1 Å². The molecule has 4 nitrogen and oxygen atoms in total. The Hall–Kier alpha value is -1.07. The van der Waals surface area contributed by atoms with E-state index in [-0.39, 0.29) is 11.7 Å². The number of amides is 1. The van der Waals surface area contributed by atoms with E-state index < -0.39 is 0 Å². The molecule has 0 aliphatic carbocycles. The third-order valence-electron chi connectivity index (χ3n) is 2.24. The van der Waals surface area contributed by atoms with Crippen molar-refractivity contribution in [1.82, 2.24) is 10.6 Å². The summed E-state index contributed by atoms with van der Waals surface area (Å²) in [5.41, 5.74) is 1.06. The van der Waals surface area contributed by atoms with E-state index >= 15 is 0 Å². The van der Waals surface area contributed by atoms with Crippen molar-refractivity contribution in [2.24, 2.45) is 0 Å². The minimum atomic E-state index is 0.0619. The molecule has 5 heteroatoms. The van der Waals surface area contributed by atoms with Crippen LogP contribution in [0.25, 0.3) is 0 Å². The van der Waals surface area contributed by atoms with Crippen LogP contribution >= 0.6 is 15.9 Å². The van der Waals surface area contributed by atoms with Crippen molar-refractivity contribution in [3.05, 3.63) is 28.2 Å². The van der Waals surface area contributed by atoms with Crippen LogP contribution in [0.3, 0.4) is 0 Å². The number of hydrogen-bond acceptors (Lipinski definition) is 3. The van der Waals surface area contributed by atoms with Crippen molar-refractivity contribution < 1.29 is 9.90 Å². The summed E-state index contributed by atoms with van der Waals surface area (Å²) < 4.78 is 0.681. The lowest BCUT2D eigenvalue weighted by Crippen LogP contribution is -2.27. The molecule has 17 heavy (non-hydrogen) atoms. The summed E-state index contributed by atoms with van der Waals surface area (Å²) in [5.74, 6) is 0.294. The summed E-state index contributed by atoms with van der Waals surface area (Å²) >= 11 is 3.26. The molecule has 0 fully saturated rings. The summed E-state index contributed by atoms with van der Waals surface area (Å²) in [6.07, 6.45) is 0.479. The molecule has 0 saturated carbocycles. The van der Waals surface area contributed by atoms with Gasteiger partial charge < -0.3 is 15.7 Å². The first-order chi connectivity index (χ1) is 8.13. The number of carbonyl (C=O) groups is 1. The molecule has 0 atom stereocenters. The lowest BCUT2D eigenvalue weighted by molar-refractivity contribution is -0.120. The van der Waals surface area contributed by atoms with Gasteiger partial charge in [-0.3, -0.25) is 4.79 Å². The number of benzene rings is 1. The van der Waals surface area contributed by atoms with Crippen LogP contribution in [0.5, 0.6) is 5.75 Å². The van der Waals surface area contributed by atoms with Crippen molar-refractivity contribution in [3.8, 4) is 5.75 Å². The summed E-state index contributed by atoms with van der Waals surface area (Å²) in [4.78, 5) is 11.2. The second-order valence-electron chi connectivity index (χ2n) is 3.67. The SMILES string of the molecule is CCNC(=O)CCNCc1ccc(O)c(Br)c1. The Kier molecular flexibility index (Phi) is 6.00. The van der Waals surface area contributed by atoms with Crippen LogP contribution in [0.15, 0.2) is 22.7 Å². The molecular formula is C12H17BrN2O2. The smallest absolute Gasteiger partial charge is 0.221 e. The number of aromatic hydroxyl groups is 1. The Morgan fingerprint density at radius 2 is 2.24 bits per heavy atom. The van der Waals surface area contributed by atoms with Crippen LogP contribution in [0.2, 0.25) is 0 Å². The molecule has 0 saturated heterocycles. The largest absolute Gasteiger partial charge is 0.507 e. The zero-order valence-electron chi connectivity index (χ0n) is 9.79. The average Bonchev–Trinajstić information content (AvgIpc) is 2.29. The van der Waals surface area contributed by atoms with Crippen molar-refractivity contribution in [2.45, 2.75) is 19.9 Å². The molecule has 1 aromatic rings. The van der Waals surface area contributed by atoms with Crippen LogP contribution in [0, 0.1) is 0 Å². The number of rotatable bonds is 6. The van der Waals surface area contributed by atoms with Crippen molar-refractivity contribution in [1.29, 1.82) is 0 Å². The maximum Gasteiger partial charge on any atom is 0.221 e. The molecule has 0 radical (unpaired) electrons. The van der Waals surface area contributed by atoms with Gasteiger partial charge in [0.15, 0.2) is 0 Å². The minimum Gasteiger partial charge on any atom is -0.507 e. The van der Waals surface area contributed by atoms with E-state index in [9.17, 15) is 9.90 Å². The summed E-state index contributed by atoms with van der Waals surface area (Å²) in [7, 11) is 0. The van der Waals surface area contributed by atoms with Crippen molar-refractivity contribution >= 4 is 21.8 Å². The highest BCUT2D eigenvalue weighted by atomic mass is 79.9. The molecule has 0 spiro atoms. The second kappa shape index (κ2) is 7.29. The Labute approximate surface area is 110 Å². The minimum absolute atomic E-state index is 0.0619. The monoisotopic (exact) mass is 300 g/mol. The van der Waals surface area contributed by atoms with E-state index in [4.69, 9.17) is 0 Å². The fourth-order valence-corrected chi connectivity index (χ4v) is 1.81. The van der Waals surface area contributed by atoms with E-state index in [1.807, 2.05) is 19.1 Å². The first-order valence-corrected chi connectivity index (χ1v) is 6.37. The molecular weight excluding hydrogens is 284 g/mol. The first-order valence-electron chi connectivity index (χ1n) is 5.58. The molecule has 0 aliphatic heterocycles. The molecule has 0 aliphatic rings. The topological polar surface area (TPSA) is 61.4 Å². The van der Waals surface area contributed by atoms with E-state index in [1.54, 1.807) is 6.07 Å². The first kappa shape index (κ1) is 14.0. The molecule has 1 amide bonds. The van der Waals surface area contributed by atoms with Gasteiger partial charge >= 0.3 is 0 Å². The predicted octanol–water partition coefficient (Wildman–Crippen LogP) is 1.77. The second-order valence-corrected chi connectivity index (χ2v) is 4.52. The maximum absolute atomic E-state index is 11.2. The Morgan fingerprint density at radius 1 is 1.47 bits per heavy atom. The standard InChI is InChI=1S/C12H17BrN2O2/c1-2-15-12(17)5-6-14-8-9-3-4-11(16)10(13)7-9/h3-4,7,14,16H,2,5-6,8H2,1H3,(H,15,17). The highest BCUT2D eigenvalue weighted by Crippen LogP contribution is 2.23. The fourth-order valence-electron chi connectivity index (χ4n) is 1.38. The van der Waals surface area contributed by atoms with Gasteiger partial charge in [-0.2, -0.15) is 0 Å². The van der Waals surface area contributed by atoms with Gasteiger partial charge in [0, 0.05) is 26.1 Å². The molecule has 1 aromatic carbocycles. The van der Waals surface area contributed by atoms with Crippen LogP contribution < -0.4 is 10.6 Å². The van der Waals surface area contributed by atoms with Gasteiger partial charge in [0.1, 0.15) is 5.75 Å². The Bertz CT molecular complexity index is 383. The number of phenolic OH excluding ortho intramolecular Hbond substituents is 1. The predicted molar refractivity (Wildman–Crippen MR) is 70.8 cm³/mol. The van der Waals surface area contributed by atoms with E-state index in [2.05, 4.69) is 26.6 Å².